The fraction of sp³-hybridized carbons (Fsp3) is 0.587. The monoisotopic (exact) mass is 1080 g/mol. The molecule has 29 heteroatoms. The van der Waals surface area contributed by atoms with Gasteiger partial charge >= 0.3 is 17.9 Å². The predicted octanol–water partition coefficient (Wildman–Crippen LogP) is -4.44. The molecule has 1 aromatic rings. The molecule has 0 heterocycles. The molecule has 0 bridgehead atoms. The molecule has 0 saturated heterocycles. The molecule has 0 aliphatic carbocycles. The highest BCUT2D eigenvalue weighted by molar-refractivity contribution is 7.98. The SMILES string of the molecule is CSCC[C@H](NC(=O)[C@H](C)NC(=O)[C@H](CCC(=O)O)NC(=O)[C@H](CCC(=O)O)NC(=O)[C@@H](N)CC(N)=O)C(=O)N[C@@H](CC(N)=O)C(=O)N[C@@H](Cc1ccccc1)C(=O)N[C@H](C(=O)N[C@@H](CCCCN)C(=O)O)C(C)C. The largest absolute Gasteiger partial charge is 0.481 e. The lowest BCUT2D eigenvalue weighted by Crippen LogP contribution is -2.61. The van der Waals surface area contributed by atoms with Gasteiger partial charge in [-0.1, -0.05) is 44.2 Å². The highest BCUT2D eigenvalue weighted by Crippen LogP contribution is 2.11. The molecule has 0 saturated carbocycles. The van der Waals surface area contributed by atoms with E-state index in [0.29, 0.717) is 24.9 Å². The van der Waals surface area contributed by atoms with Crippen molar-refractivity contribution in [3.05, 3.63) is 35.9 Å². The molecule has 1 aromatic carbocycles. The molecule has 0 radical (unpaired) electrons. The average Bonchev–Trinajstić information content (AvgIpc) is 3.32. The van der Waals surface area contributed by atoms with Gasteiger partial charge in [0.25, 0.3) is 0 Å². The number of carboxylic acid groups (broad SMARTS) is 3. The summed E-state index contributed by atoms with van der Waals surface area (Å²) in [5.41, 5.74) is 22.3. The number of nitrogens with two attached hydrogens (primary N) is 4. The summed E-state index contributed by atoms with van der Waals surface area (Å²) < 4.78 is 0. The molecule has 0 unspecified atom stereocenters. The Labute approximate surface area is 436 Å². The van der Waals surface area contributed by atoms with Crippen LogP contribution >= 0.6 is 11.8 Å². The second kappa shape index (κ2) is 34.2. The first-order valence-corrected chi connectivity index (χ1v) is 25.2. The number of aliphatic carboxylic acids is 3. The summed E-state index contributed by atoms with van der Waals surface area (Å²) in [7, 11) is 0. The number of carboxylic acids is 3. The first-order chi connectivity index (χ1) is 35.2. The van der Waals surface area contributed by atoms with Crippen molar-refractivity contribution in [2.45, 2.75) is 146 Å². The molecular formula is C46H72N12O16S. The number of rotatable bonds is 37. The molecule has 0 fully saturated rings. The number of primary amides is 2. The number of carbonyl (C=O) groups is 13. The van der Waals surface area contributed by atoms with Crippen LogP contribution in [0.2, 0.25) is 0 Å². The summed E-state index contributed by atoms with van der Waals surface area (Å²) in [5, 5.41) is 47.4. The van der Waals surface area contributed by atoms with E-state index in [4.69, 9.17) is 22.9 Å². The van der Waals surface area contributed by atoms with Crippen molar-refractivity contribution in [1.82, 2.24) is 42.5 Å². The van der Waals surface area contributed by atoms with Gasteiger partial charge in [-0.05, 0) is 75.5 Å². The minimum absolute atomic E-state index is 0.0661. The minimum atomic E-state index is -1.76. The summed E-state index contributed by atoms with van der Waals surface area (Å²) in [6.07, 6.45) is -1.56. The first-order valence-electron chi connectivity index (χ1n) is 23.8. The Morgan fingerprint density at radius 2 is 0.973 bits per heavy atom. The van der Waals surface area contributed by atoms with Crippen LogP contribution in [-0.4, -0.2) is 165 Å². The fourth-order valence-corrected chi connectivity index (χ4v) is 7.40. The molecule has 9 atom stereocenters. The van der Waals surface area contributed by atoms with Crippen LogP contribution in [0.3, 0.4) is 0 Å². The Bertz CT molecular complexity index is 2170. The van der Waals surface area contributed by atoms with Gasteiger partial charge < -0.3 is 80.8 Å². The number of unbranched alkanes of at least 4 members (excludes halogenated alkanes) is 1. The lowest BCUT2D eigenvalue weighted by Gasteiger charge is -2.28. The third-order valence-electron chi connectivity index (χ3n) is 11.1. The number of amides is 10. The van der Waals surface area contributed by atoms with Crippen LogP contribution in [0.4, 0.5) is 0 Å². The van der Waals surface area contributed by atoms with Gasteiger partial charge in [-0.25, -0.2) is 4.79 Å². The lowest BCUT2D eigenvalue weighted by molar-refractivity contribution is -0.143. The van der Waals surface area contributed by atoms with Crippen molar-refractivity contribution in [3.8, 4) is 0 Å². The Morgan fingerprint density at radius 1 is 0.520 bits per heavy atom. The number of thioether (sulfide) groups is 1. The first kappa shape index (κ1) is 65.6. The molecule has 0 aliphatic rings. The van der Waals surface area contributed by atoms with Crippen molar-refractivity contribution in [1.29, 1.82) is 0 Å². The highest BCUT2D eigenvalue weighted by atomic mass is 32.2. The number of nitrogens with one attached hydrogen (secondary N) is 8. The second-order valence-electron chi connectivity index (χ2n) is 17.7. The van der Waals surface area contributed by atoms with Crippen molar-refractivity contribution < 1.29 is 77.6 Å². The number of hydrogen-bond donors (Lipinski definition) is 15. The Hall–Kier alpha value is -7.40. The van der Waals surface area contributed by atoms with E-state index >= 15 is 0 Å². The fourth-order valence-electron chi connectivity index (χ4n) is 6.93. The number of benzene rings is 1. The topological polar surface area (TPSA) is 483 Å². The summed E-state index contributed by atoms with van der Waals surface area (Å²) >= 11 is 1.26. The molecular weight excluding hydrogens is 1010 g/mol. The zero-order chi connectivity index (χ0) is 56.9. The van der Waals surface area contributed by atoms with Crippen LogP contribution in [0.1, 0.15) is 90.5 Å². The van der Waals surface area contributed by atoms with Crippen LogP contribution in [0.5, 0.6) is 0 Å². The van der Waals surface area contributed by atoms with E-state index in [9.17, 15) is 77.6 Å². The van der Waals surface area contributed by atoms with Gasteiger partial charge in [-0.15, -0.1) is 0 Å². The van der Waals surface area contributed by atoms with Crippen molar-refractivity contribution in [2.24, 2.45) is 28.9 Å². The predicted molar refractivity (Wildman–Crippen MR) is 269 cm³/mol. The lowest BCUT2D eigenvalue weighted by atomic mass is 9.99. The van der Waals surface area contributed by atoms with Gasteiger partial charge in [0.1, 0.15) is 48.3 Å². The van der Waals surface area contributed by atoms with Gasteiger partial charge in [-0.2, -0.15) is 11.8 Å². The molecule has 75 heavy (non-hydrogen) atoms. The van der Waals surface area contributed by atoms with Crippen molar-refractivity contribution >= 4 is 88.7 Å². The normalized spacial score (nSPS) is 14.5. The Balaban J connectivity index is 3.41. The summed E-state index contributed by atoms with van der Waals surface area (Å²) in [6, 6.07) is -5.41. The minimum Gasteiger partial charge on any atom is -0.481 e. The van der Waals surface area contributed by atoms with E-state index in [1.165, 1.54) is 18.7 Å². The smallest absolute Gasteiger partial charge is 0.326 e. The molecule has 418 valence electrons. The van der Waals surface area contributed by atoms with Gasteiger partial charge in [0, 0.05) is 19.3 Å². The molecule has 0 spiro atoms. The van der Waals surface area contributed by atoms with E-state index in [0.717, 1.165) is 0 Å². The van der Waals surface area contributed by atoms with Gasteiger partial charge in [-0.3, -0.25) is 57.5 Å². The summed E-state index contributed by atoms with van der Waals surface area (Å²) in [6.45, 7) is 4.68. The van der Waals surface area contributed by atoms with Crippen LogP contribution < -0.4 is 65.5 Å². The molecule has 0 aromatic heterocycles. The third-order valence-corrected chi connectivity index (χ3v) is 11.7. The zero-order valence-electron chi connectivity index (χ0n) is 42.2. The van der Waals surface area contributed by atoms with Crippen LogP contribution in [-0.2, 0) is 68.7 Å². The molecule has 0 aliphatic heterocycles. The summed E-state index contributed by atoms with van der Waals surface area (Å²) in [4.78, 5) is 167. The quantitative estimate of drug-likeness (QED) is 0.0280. The van der Waals surface area contributed by atoms with Crippen LogP contribution in [0.25, 0.3) is 0 Å². The van der Waals surface area contributed by atoms with Crippen molar-refractivity contribution in [3.63, 3.8) is 0 Å². The Kier molecular flexibility index (Phi) is 29.9. The number of carbonyl (C=O) groups excluding carboxylic acids is 10. The molecule has 10 amide bonds. The van der Waals surface area contributed by atoms with Gasteiger partial charge in [0.2, 0.25) is 59.1 Å². The molecule has 19 N–H and O–H groups in total. The van der Waals surface area contributed by atoms with E-state index in [-0.39, 0.29) is 25.0 Å². The molecule has 28 nitrogen and oxygen atoms in total. The van der Waals surface area contributed by atoms with Crippen LogP contribution in [0.15, 0.2) is 30.3 Å². The van der Waals surface area contributed by atoms with E-state index in [1.807, 2.05) is 0 Å². The summed E-state index contributed by atoms with van der Waals surface area (Å²) in [5.74, 6) is -14.6. The maximum Gasteiger partial charge on any atom is 0.326 e. The van der Waals surface area contributed by atoms with E-state index in [2.05, 4.69) is 42.5 Å². The van der Waals surface area contributed by atoms with Gasteiger partial charge in [0.15, 0.2) is 0 Å². The Morgan fingerprint density at radius 3 is 1.47 bits per heavy atom. The maximum absolute atomic E-state index is 14.0. The average molecular weight is 1080 g/mol. The molecule has 1 rings (SSSR count). The third kappa shape index (κ3) is 25.9. The van der Waals surface area contributed by atoms with E-state index < -0.39 is 176 Å². The van der Waals surface area contributed by atoms with Crippen LogP contribution in [0, 0.1) is 5.92 Å². The standard InChI is InChI=1S/C46H72N12O16S/c1-23(2)37(45(72)55-30(46(73)74)12-8-9-18-47)58-44(71)31(20-25-10-6-5-7-11-25)56-43(70)32(22-34(50)60)57-42(69)29(17-19-75-4)52-38(65)24(3)51-40(67)27(13-15-35(61)62)54-41(68)28(14-16-36(63)64)53-39(66)26(48)21-33(49)59/h5-7,10-11,23-24,26-32,37H,8-9,12-22,47-48H2,1-4H3,(H2,49,59)(H2,50,60)(H,51,67)(H,52,65)(H,53,66)(H,54,68)(H,55,72)(H,56,70)(H,57,69)(H,58,71)(H,61,62)(H,63,64)(H,73,74)/t24-,26-,27-,28-,29-,30-,31-,32-,37-/m0/s1. The van der Waals surface area contributed by atoms with E-state index in [1.54, 1.807) is 50.4 Å². The second-order valence-corrected chi connectivity index (χ2v) is 18.7. The zero-order valence-corrected chi connectivity index (χ0v) is 43.0. The maximum atomic E-state index is 14.0. The highest BCUT2D eigenvalue weighted by Gasteiger charge is 2.36. The van der Waals surface area contributed by atoms with Gasteiger partial charge in [0.05, 0.1) is 18.9 Å². The van der Waals surface area contributed by atoms with Crippen molar-refractivity contribution in [2.75, 3.05) is 18.6 Å². The number of hydrogen-bond acceptors (Lipinski definition) is 16.